The third kappa shape index (κ3) is 6.09. The molecule has 0 aliphatic carbocycles. The number of anilines is 1. The van der Waals surface area contributed by atoms with E-state index in [4.69, 9.17) is 4.74 Å². The summed E-state index contributed by atoms with van der Waals surface area (Å²) < 4.78 is 45.4. The van der Waals surface area contributed by atoms with Gasteiger partial charge in [0.25, 0.3) is 5.91 Å². The Bertz CT molecular complexity index is 1040. The number of thiazole rings is 1. The molecule has 3 rings (SSSR count). The Morgan fingerprint density at radius 1 is 1.13 bits per heavy atom. The minimum atomic E-state index is -4.52. The molecule has 31 heavy (non-hydrogen) atoms. The topological polar surface area (TPSA) is 45.7 Å². The summed E-state index contributed by atoms with van der Waals surface area (Å²) in [6.45, 7) is 1.06. The van der Waals surface area contributed by atoms with Gasteiger partial charge in [0.1, 0.15) is 5.75 Å². The fraction of sp³-hybridized carbons (Fsp3) is 0.333. The third-order valence-corrected chi connectivity index (χ3v) is 5.54. The van der Waals surface area contributed by atoms with Crippen LogP contribution in [0.1, 0.15) is 22.3 Å². The summed E-state index contributed by atoms with van der Waals surface area (Å²) in [7, 11) is 5.39. The average molecular weight is 474 g/mol. The standard InChI is InChI=1S/C21H22F3N3O2S.ClH/c1-26(2)10-5-11-27(19(28)14-6-4-7-15(12-14)21(22,23)24)20-25-17-13-16(29-3)8-9-18(17)30-20;/h4,6-9,12-13H,5,10-11H2,1-3H3;1H. The number of halogens is 4. The molecule has 0 spiro atoms. The third-order valence-electron chi connectivity index (χ3n) is 4.48. The number of carbonyl (C=O) groups excluding carboxylic acids is 1. The van der Waals surface area contributed by atoms with Crippen molar-refractivity contribution in [2.45, 2.75) is 12.6 Å². The zero-order valence-electron chi connectivity index (χ0n) is 17.3. The predicted octanol–water partition coefficient (Wildman–Crippen LogP) is 5.34. The van der Waals surface area contributed by atoms with Crippen LogP contribution in [0.25, 0.3) is 10.2 Å². The Morgan fingerprint density at radius 3 is 2.52 bits per heavy atom. The molecule has 1 aromatic heterocycles. The van der Waals surface area contributed by atoms with E-state index in [0.717, 1.165) is 23.4 Å². The molecular weight excluding hydrogens is 451 g/mol. The second kappa shape index (κ2) is 10.3. The van der Waals surface area contributed by atoms with E-state index in [1.165, 1.54) is 28.4 Å². The molecular formula is C21H23ClF3N3O2S. The summed E-state index contributed by atoms with van der Waals surface area (Å²) in [6.07, 6.45) is -3.87. The highest BCUT2D eigenvalue weighted by Gasteiger charge is 2.31. The number of hydrogen-bond acceptors (Lipinski definition) is 5. The van der Waals surface area contributed by atoms with Gasteiger partial charge in [-0.05, 0) is 57.4 Å². The average Bonchev–Trinajstić information content (AvgIpc) is 3.12. The van der Waals surface area contributed by atoms with E-state index in [2.05, 4.69) is 4.98 Å². The van der Waals surface area contributed by atoms with Crippen LogP contribution >= 0.6 is 23.7 Å². The maximum Gasteiger partial charge on any atom is 0.416 e. The van der Waals surface area contributed by atoms with Crippen molar-refractivity contribution in [1.29, 1.82) is 0 Å². The Balaban J connectivity index is 0.00000341. The van der Waals surface area contributed by atoms with Crippen LogP contribution in [0.5, 0.6) is 5.75 Å². The maximum absolute atomic E-state index is 13.2. The molecule has 168 valence electrons. The summed E-state index contributed by atoms with van der Waals surface area (Å²) >= 11 is 1.32. The van der Waals surface area contributed by atoms with Gasteiger partial charge in [0, 0.05) is 18.2 Å². The van der Waals surface area contributed by atoms with Crippen LogP contribution in [-0.2, 0) is 6.18 Å². The summed E-state index contributed by atoms with van der Waals surface area (Å²) in [5, 5.41) is 0.444. The van der Waals surface area contributed by atoms with Crippen LogP contribution in [0, 0.1) is 0 Å². The van der Waals surface area contributed by atoms with Gasteiger partial charge in [-0.3, -0.25) is 9.69 Å². The van der Waals surface area contributed by atoms with E-state index in [1.54, 1.807) is 19.2 Å². The van der Waals surface area contributed by atoms with Crippen molar-refractivity contribution in [1.82, 2.24) is 9.88 Å². The largest absolute Gasteiger partial charge is 0.497 e. The number of nitrogens with zero attached hydrogens (tertiary/aromatic N) is 3. The minimum Gasteiger partial charge on any atom is -0.497 e. The molecule has 5 nitrogen and oxygen atoms in total. The van der Waals surface area contributed by atoms with Crippen molar-refractivity contribution in [2.24, 2.45) is 0 Å². The van der Waals surface area contributed by atoms with Gasteiger partial charge in [-0.1, -0.05) is 17.4 Å². The zero-order chi connectivity index (χ0) is 21.9. The van der Waals surface area contributed by atoms with Crippen LogP contribution in [0.4, 0.5) is 18.3 Å². The van der Waals surface area contributed by atoms with E-state index >= 15 is 0 Å². The summed E-state index contributed by atoms with van der Waals surface area (Å²) in [6, 6.07) is 9.90. The molecule has 0 N–H and O–H groups in total. The van der Waals surface area contributed by atoms with E-state index in [0.29, 0.717) is 29.4 Å². The molecule has 0 bridgehead atoms. The van der Waals surface area contributed by atoms with Gasteiger partial charge < -0.3 is 9.64 Å². The first-order chi connectivity index (χ1) is 14.2. The Kier molecular flexibility index (Phi) is 8.27. The smallest absolute Gasteiger partial charge is 0.416 e. The molecule has 1 heterocycles. The molecule has 0 saturated heterocycles. The maximum atomic E-state index is 13.2. The van der Waals surface area contributed by atoms with Crippen LogP contribution in [0.15, 0.2) is 42.5 Å². The molecule has 10 heteroatoms. The lowest BCUT2D eigenvalue weighted by molar-refractivity contribution is -0.137. The normalized spacial score (nSPS) is 11.5. The lowest BCUT2D eigenvalue weighted by Crippen LogP contribution is -2.33. The first-order valence-electron chi connectivity index (χ1n) is 9.27. The van der Waals surface area contributed by atoms with E-state index in [-0.39, 0.29) is 18.0 Å². The predicted molar refractivity (Wildman–Crippen MR) is 120 cm³/mol. The van der Waals surface area contributed by atoms with Crippen molar-refractivity contribution < 1.29 is 22.7 Å². The van der Waals surface area contributed by atoms with Crippen LogP contribution in [0.2, 0.25) is 0 Å². The highest BCUT2D eigenvalue weighted by Crippen LogP contribution is 2.33. The molecule has 0 unspecified atom stereocenters. The van der Waals surface area contributed by atoms with Gasteiger partial charge in [-0.2, -0.15) is 13.2 Å². The van der Waals surface area contributed by atoms with Gasteiger partial charge in [0.05, 0.1) is 22.9 Å². The van der Waals surface area contributed by atoms with E-state index in [1.807, 2.05) is 25.1 Å². The highest BCUT2D eigenvalue weighted by atomic mass is 35.5. The quantitative estimate of drug-likeness (QED) is 0.464. The number of methoxy groups -OCH3 is 1. The van der Waals surface area contributed by atoms with Gasteiger partial charge in [-0.25, -0.2) is 4.98 Å². The summed E-state index contributed by atoms with van der Waals surface area (Å²) in [4.78, 5) is 21.2. The molecule has 0 saturated carbocycles. The number of amides is 1. The van der Waals surface area contributed by atoms with Gasteiger partial charge in [-0.15, -0.1) is 12.4 Å². The fourth-order valence-electron chi connectivity index (χ4n) is 2.95. The SMILES string of the molecule is COc1ccc2sc(N(CCCN(C)C)C(=O)c3cccc(C(F)(F)F)c3)nc2c1.Cl. The number of ether oxygens (including phenoxy) is 1. The first-order valence-corrected chi connectivity index (χ1v) is 10.1. The highest BCUT2D eigenvalue weighted by molar-refractivity contribution is 7.22. The second-order valence-corrected chi connectivity index (χ2v) is 8.03. The van der Waals surface area contributed by atoms with Crippen molar-refractivity contribution in [3.63, 3.8) is 0 Å². The van der Waals surface area contributed by atoms with Crippen molar-refractivity contribution in [3.05, 3.63) is 53.6 Å². The lowest BCUT2D eigenvalue weighted by Gasteiger charge is -2.21. The Hall–Kier alpha value is -2.36. The number of aromatic nitrogens is 1. The van der Waals surface area contributed by atoms with E-state index < -0.39 is 17.6 Å². The molecule has 2 aromatic carbocycles. The number of carbonyl (C=O) groups is 1. The number of hydrogen-bond donors (Lipinski definition) is 0. The van der Waals surface area contributed by atoms with Gasteiger partial charge in [0.15, 0.2) is 5.13 Å². The number of alkyl halides is 3. The lowest BCUT2D eigenvalue weighted by atomic mass is 10.1. The van der Waals surface area contributed by atoms with Crippen LogP contribution in [0.3, 0.4) is 0 Å². The van der Waals surface area contributed by atoms with Crippen molar-refractivity contribution in [3.8, 4) is 5.75 Å². The molecule has 3 aromatic rings. The number of fused-ring (bicyclic) bond motifs is 1. The molecule has 0 fully saturated rings. The molecule has 0 aliphatic rings. The molecule has 0 radical (unpaired) electrons. The van der Waals surface area contributed by atoms with Gasteiger partial charge >= 0.3 is 6.18 Å². The second-order valence-electron chi connectivity index (χ2n) is 7.02. The Labute approximate surface area is 188 Å². The molecule has 1 amide bonds. The van der Waals surface area contributed by atoms with E-state index in [9.17, 15) is 18.0 Å². The van der Waals surface area contributed by atoms with Crippen LogP contribution < -0.4 is 9.64 Å². The fourth-order valence-corrected chi connectivity index (χ4v) is 3.92. The van der Waals surface area contributed by atoms with Crippen molar-refractivity contribution in [2.75, 3.05) is 39.2 Å². The number of rotatable bonds is 7. The Morgan fingerprint density at radius 2 is 1.87 bits per heavy atom. The van der Waals surface area contributed by atoms with Gasteiger partial charge in [0.2, 0.25) is 0 Å². The monoisotopic (exact) mass is 473 g/mol. The first kappa shape index (κ1) is 24.9. The minimum absolute atomic E-state index is 0. The summed E-state index contributed by atoms with van der Waals surface area (Å²) in [5.74, 6) is 0.133. The number of benzene rings is 2. The van der Waals surface area contributed by atoms with Crippen molar-refractivity contribution >= 4 is 45.0 Å². The molecule has 0 aliphatic heterocycles. The van der Waals surface area contributed by atoms with Crippen LogP contribution in [-0.4, -0.2) is 50.1 Å². The summed E-state index contributed by atoms with van der Waals surface area (Å²) in [5.41, 5.74) is -0.203. The zero-order valence-corrected chi connectivity index (χ0v) is 18.9. The molecule has 0 atom stereocenters.